The predicted octanol–water partition coefficient (Wildman–Crippen LogP) is 3.66. The summed E-state index contributed by atoms with van der Waals surface area (Å²) in [4.78, 5) is 32.3. The summed E-state index contributed by atoms with van der Waals surface area (Å²) in [5, 5.41) is 3.20. The highest BCUT2D eigenvalue weighted by Gasteiger charge is 2.26. The number of likely N-dealkylation sites (tertiary alicyclic amines) is 1. The SMILES string of the molecule is CC(=O)N1CCCC(c2nc(-c3cccc(N4CCCC4=O)c3)cs2)C1. The highest BCUT2D eigenvalue weighted by atomic mass is 32.1. The van der Waals surface area contributed by atoms with Crippen LogP contribution in [0.4, 0.5) is 5.69 Å². The van der Waals surface area contributed by atoms with Gasteiger partial charge in [-0.15, -0.1) is 11.3 Å². The van der Waals surface area contributed by atoms with Crippen molar-refractivity contribution in [3.8, 4) is 11.3 Å². The van der Waals surface area contributed by atoms with Gasteiger partial charge in [0, 0.05) is 55.5 Å². The van der Waals surface area contributed by atoms with Crippen molar-refractivity contribution in [2.75, 3.05) is 24.5 Å². The van der Waals surface area contributed by atoms with Gasteiger partial charge >= 0.3 is 0 Å². The zero-order valence-electron chi connectivity index (χ0n) is 15.0. The van der Waals surface area contributed by atoms with Gasteiger partial charge in [0.25, 0.3) is 0 Å². The van der Waals surface area contributed by atoms with Crippen LogP contribution in [-0.4, -0.2) is 41.3 Å². The Bertz CT molecular complexity index is 832. The van der Waals surface area contributed by atoms with Gasteiger partial charge in [0.1, 0.15) is 0 Å². The molecule has 2 aliphatic rings. The van der Waals surface area contributed by atoms with E-state index in [1.54, 1.807) is 18.3 Å². The monoisotopic (exact) mass is 369 g/mol. The van der Waals surface area contributed by atoms with E-state index in [0.29, 0.717) is 12.3 Å². The van der Waals surface area contributed by atoms with Crippen molar-refractivity contribution in [3.05, 3.63) is 34.7 Å². The second-order valence-electron chi connectivity index (χ2n) is 7.07. The molecule has 136 valence electrons. The number of thiazole rings is 1. The van der Waals surface area contributed by atoms with Gasteiger partial charge in [-0.3, -0.25) is 9.59 Å². The summed E-state index contributed by atoms with van der Waals surface area (Å²) < 4.78 is 0. The average Bonchev–Trinajstić information content (AvgIpc) is 3.31. The number of benzene rings is 1. The van der Waals surface area contributed by atoms with Crippen molar-refractivity contribution in [3.63, 3.8) is 0 Å². The number of carbonyl (C=O) groups is 2. The Balaban J connectivity index is 1.55. The molecule has 4 rings (SSSR count). The van der Waals surface area contributed by atoms with Gasteiger partial charge in [0.05, 0.1) is 10.7 Å². The van der Waals surface area contributed by atoms with E-state index in [-0.39, 0.29) is 11.8 Å². The summed E-state index contributed by atoms with van der Waals surface area (Å²) in [6, 6.07) is 8.09. The number of nitrogens with zero attached hydrogens (tertiary/aromatic N) is 3. The highest BCUT2D eigenvalue weighted by Crippen LogP contribution is 2.33. The maximum Gasteiger partial charge on any atom is 0.227 e. The third-order valence-corrected chi connectivity index (χ3v) is 6.27. The third-order valence-electron chi connectivity index (χ3n) is 5.26. The lowest BCUT2D eigenvalue weighted by atomic mass is 9.98. The molecule has 6 heteroatoms. The van der Waals surface area contributed by atoms with E-state index in [2.05, 4.69) is 11.4 Å². The Hall–Kier alpha value is -2.21. The first-order chi connectivity index (χ1) is 12.6. The molecule has 0 bridgehead atoms. The van der Waals surface area contributed by atoms with Crippen LogP contribution in [0.15, 0.2) is 29.6 Å². The Morgan fingerprint density at radius 1 is 1.27 bits per heavy atom. The maximum absolute atomic E-state index is 12.0. The van der Waals surface area contributed by atoms with Crippen molar-refractivity contribution < 1.29 is 9.59 Å². The topological polar surface area (TPSA) is 53.5 Å². The number of piperidine rings is 1. The average molecular weight is 369 g/mol. The largest absolute Gasteiger partial charge is 0.342 e. The number of hydrogen-bond donors (Lipinski definition) is 0. The first-order valence-electron chi connectivity index (χ1n) is 9.23. The van der Waals surface area contributed by atoms with Gasteiger partial charge in [-0.2, -0.15) is 0 Å². The Morgan fingerprint density at radius 3 is 2.92 bits per heavy atom. The van der Waals surface area contributed by atoms with Gasteiger partial charge in [-0.05, 0) is 31.4 Å². The highest BCUT2D eigenvalue weighted by molar-refractivity contribution is 7.10. The summed E-state index contributed by atoms with van der Waals surface area (Å²) in [5.41, 5.74) is 2.96. The van der Waals surface area contributed by atoms with E-state index in [9.17, 15) is 9.59 Å². The van der Waals surface area contributed by atoms with Crippen molar-refractivity contribution >= 4 is 28.8 Å². The number of anilines is 1. The molecule has 1 aromatic carbocycles. The Kier molecular flexibility index (Phi) is 4.76. The van der Waals surface area contributed by atoms with E-state index in [4.69, 9.17) is 4.98 Å². The molecular weight excluding hydrogens is 346 g/mol. The first kappa shape index (κ1) is 17.2. The zero-order chi connectivity index (χ0) is 18.1. The van der Waals surface area contributed by atoms with Crippen LogP contribution in [0.3, 0.4) is 0 Å². The number of aromatic nitrogens is 1. The molecule has 1 aromatic heterocycles. The van der Waals surface area contributed by atoms with Crippen molar-refractivity contribution in [2.24, 2.45) is 0 Å². The van der Waals surface area contributed by atoms with Crippen LogP contribution in [-0.2, 0) is 9.59 Å². The van der Waals surface area contributed by atoms with E-state index in [1.165, 1.54) is 0 Å². The zero-order valence-corrected chi connectivity index (χ0v) is 15.8. The molecule has 0 N–H and O–H groups in total. The van der Waals surface area contributed by atoms with Gasteiger partial charge in [-0.25, -0.2) is 4.98 Å². The van der Waals surface area contributed by atoms with Crippen LogP contribution in [0.25, 0.3) is 11.3 Å². The number of carbonyl (C=O) groups excluding carboxylic acids is 2. The predicted molar refractivity (Wildman–Crippen MR) is 103 cm³/mol. The van der Waals surface area contributed by atoms with E-state index >= 15 is 0 Å². The third kappa shape index (κ3) is 3.38. The molecule has 2 aliphatic heterocycles. The summed E-state index contributed by atoms with van der Waals surface area (Å²) in [6.07, 6.45) is 3.68. The summed E-state index contributed by atoms with van der Waals surface area (Å²) >= 11 is 1.67. The Morgan fingerprint density at radius 2 is 2.15 bits per heavy atom. The molecule has 0 spiro atoms. The van der Waals surface area contributed by atoms with Crippen LogP contribution in [0.1, 0.15) is 43.5 Å². The molecular formula is C20H23N3O2S. The number of hydrogen-bond acceptors (Lipinski definition) is 4. The van der Waals surface area contributed by atoms with Crippen molar-refractivity contribution in [2.45, 2.75) is 38.5 Å². The van der Waals surface area contributed by atoms with Crippen LogP contribution < -0.4 is 4.90 Å². The molecule has 26 heavy (non-hydrogen) atoms. The minimum Gasteiger partial charge on any atom is -0.342 e. The van der Waals surface area contributed by atoms with Crippen LogP contribution in [0.5, 0.6) is 0 Å². The van der Waals surface area contributed by atoms with Crippen molar-refractivity contribution in [1.82, 2.24) is 9.88 Å². The van der Waals surface area contributed by atoms with Crippen molar-refractivity contribution in [1.29, 1.82) is 0 Å². The summed E-state index contributed by atoms with van der Waals surface area (Å²) in [5.74, 6) is 0.678. The van der Waals surface area contributed by atoms with Crippen LogP contribution in [0.2, 0.25) is 0 Å². The lowest BCUT2D eigenvalue weighted by Crippen LogP contribution is -2.37. The van der Waals surface area contributed by atoms with E-state index < -0.39 is 0 Å². The fraction of sp³-hybridized carbons (Fsp3) is 0.450. The molecule has 0 radical (unpaired) electrons. The van der Waals surface area contributed by atoms with Crippen LogP contribution in [0, 0.1) is 0 Å². The molecule has 1 atom stereocenters. The molecule has 5 nitrogen and oxygen atoms in total. The molecule has 3 heterocycles. The molecule has 1 unspecified atom stereocenters. The minimum atomic E-state index is 0.148. The number of amides is 2. The molecule has 2 saturated heterocycles. The van der Waals surface area contributed by atoms with Gasteiger partial charge in [0.2, 0.25) is 11.8 Å². The lowest BCUT2D eigenvalue weighted by molar-refractivity contribution is -0.130. The molecule has 2 amide bonds. The van der Waals surface area contributed by atoms with E-state index in [0.717, 1.165) is 60.8 Å². The quantitative estimate of drug-likeness (QED) is 0.830. The number of rotatable bonds is 3. The summed E-state index contributed by atoms with van der Waals surface area (Å²) in [6.45, 7) is 4.06. The fourth-order valence-corrected chi connectivity index (χ4v) is 4.78. The molecule has 0 aliphatic carbocycles. The van der Waals surface area contributed by atoms with Gasteiger partial charge < -0.3 is 9.80 Å². The van der Waals surface area contributed by atoms with E-state index in [1.807, 2.05) is 28.0 Å². The van der Waals surface area contributed by atoms with Crippen LogP contribution >= 0.6 is 11.3 Å². The summed E-state index contributed by atoms with van der Waals surface area (Å²) in [7, 11) is 0. The molecule has 0 saturated carbocycles. The lowest BCUT2D eigenvalue weighted by Gasteiger charge is -2.30. The van der Waals surface area contributed by atoms with Gasteiger partial charge in [0.15, 0.2) is 0 Å². The Labute approximate surface area is 157 Å². The standard InChI is InChI=1S/C20H23N3O2S/c1-14(24)22-9-3-6-16(12-22)20-21-18(13-26-20)15-5-2-7-17(11-15)23-10-4-8-19(23)25/h2,5,7,11,13,16H,3-4,6,8-10,12H2,1H3. The minimum absolute atomic E-state index is 0.148. The van der Waals surface area contributed by atoms with Gasteiger partial charge in [-0.1, -0.05) is 12.1 Å². The second kappa shape index (κ2) is 7.19. The maximum atomic E-state index is 12.0. The smallest absolute Gasteiger partial charge is 0.227 e. The normalized spacial score (nSPS) is 20.7. The first-order valence-corrected chi connectivity index (χ1v) is 10.1. The fourth-order valence-electron chi connectivity index (χ4n) is 3.83. The molecule has 2 fully saturated rings. The second-order valence-corrected chi connectivity index (χ2v) is 7.96. The molecule has 2 aromatic rings.